The van der Waals surface area contributed by atoms with E-state index in [0.717, 1.165) is 24.7 Å². The average Bonchev–Trinajstić information content (AvgIpc) is 2.43. The predicted molar refractivity (Wildman–Crippen MR) is 350 cm³/mol. The highest BCUT2D eigenvalue weighted by Gasteiger charge is 2.30. The van der Waals surface area contributed by atoms with Crippen LogP contribution in [-0.2, 0) is 96.0 Å². The lowest BCUT2D eigenvalue weighted by Crippen LogP contribution is -2.51. The minimum atomic E-state index is -1.51. The summed E-state index contributed by atoms with van der Waals surface area (Å²) in [6.07, 6.45) is 4.72. The summed E-state index contributed by atoms with van der Waals surface area (Å²) in [5.74, 6) is -5.27. The SMILES string of the molecule is CCOC(=O)CC#N.CCOC(=O)CNC(=O)C(=O)[C@@H]1CCCCOCCOCc2ccccc2C(=O)N1.CCOC(=O)CNC(=O)C(O)[C@@H]1CCCCOCCOCc2ccccc2C(=O)N1.O=C[C@@H]1CCCCOCCOCc2ccccc2C(=O)N1.S.S.S. The summed E-state index contributed by atoms with van der Waals surface area (Å²) in [7, 11) is 0. The molecule has 5 amide bonds. The van der Waals surface area contributed by atoms with Gasteiger partial charge in [0.1, 0.15) is 25.8 Å². The van der Waals surface area contributed by atoms with E-state index in [1.165, 1.54) is 0 Å². The summed E-state index contributed by atoms with van der Waals surface area (Å²) in [6.45, 7) is 10.3. The normalized spacial score (nSPS) is 17.9. The van der Waals surface area contributed by atoms with Crippen molar-refractivity contribution in [3.63, 3.8) is 0 Å². The zero-order valence-corrected chi connectivity index (χ0v) is 55.6. The van der Waals surface area contributed by atoms with Crippen LogP contribution in [0.25, 0.3) is 0 Å². The monoisotopic (exact) mass is 1350 g/mol. The molecule has 0 saturated carbocycles. The fraction of sp³-hybridized carbons (Fsp3) is 0.540. The van der Waals surface area contributed by atoms with Gasteiger partial charge < -0.3 is 79.1 Å². The van der Waals surface area contributed by atoms with Gasteiger partial charge in [-0.15, -0.1) is 0 Å². The molecule has 512 valence electrons. The van der Waals surface area contributed by atoms with Gasteiger partial charge in [-0.2, -0.15) is 45.7 Å². The van der Waals surface area contributed by atoms with Gasteiger partial charge in [0.05, 0.1) is 103 Å². The van der Waals surface area contributed by atoms with E-state index >= 15 is 0 Å². The second-order valence-corrected chi connectivity index (χ2v) is 19.7. The van der Waals surface area contributed by atoms with E-state index in [1.54, 1.807) is 81.4 Å². The number of nitrogens with zero attached hydrogens (tertiary/aromatic N) is 1. The number of aliphatic hydroxyl groups is 1. The maximum atomic E-state index is 12.9. The molecule has 0 aromatic heterocycles. The largest absolute Gasteiger partial charge is 0.465 e. The molecule has 92 heavy (non-hydrogen) atoms. The van der Waals surface area contributed by atoms with Crippen molar-refractivity contribution in [2.45, 2.75) is 129 Å². The Hall–Kier alpha value is -6.98. The second-order valence-electron chi connectivity index (χ2n) is 19.7. The summed E-state index contributed by atoms with van der Waals surface area (Å²) >= 11 is 0. The molecule has 0 fully saturated rings. The van der Waals surface area contributed by atoms with Crippen molar-refractivity contribution in [1.29, 1.82) is 5.26 Å². The molecule has 6 rings (SSSR count). The van der Waals surface area contributed by atoms with Crippen molar-refractivity contribution in [2.24, 2.45) is 0 Å². The third-order valence-electron chi connectivity index (χ3n) is 13.0. The summed E-state index contributed by atoms with van der Waals surface area (Å²) in [4.78, 5) is 119. The Morgan fingerprint density at radius 3 is 1.38 bits per heavy atom. The van der Waals surface area contributed by atoms with E-state index in [2.05, 4.69) is 31.3 Å². The van der Waals surface area contributed by atoms with Crippen LogP contribution in [0.15, 0.2) is 72.8 Å². The number of ether oxygens (including phenoxy) is 9. The van der Waals surface area contributed by atoms with Crippen LogP contribution >= 0.6 is 40.5 Å². The highest BCUT2D eigenvalue weighted by atomic mass is 32.1. The number of fused-ring (bicyclic) bond motifs is 3. The number of aldehydes is 1. The predicted octanol–water partition coefficient (Wildman–Crippen LogP) is 3.80. The first-order chi connectivity index (χ1) is 43.2. The summed E-state index contributed by atoms with van der Waals surface area (Å²) in [6, 6.07) is 20.6. The molecule has 1 unspecified atom stereocenters. The first-order valence-electron chi connectivity index (χ1n) is 29.9. The van der Waals surface area contributed by atoms with Gasteiger partial charge in [-0.1, -0.05) is 54.6 Å². The van der Waals surface area contributed by atoms with Gasteiger partial charge in [0.2, 0.25) is 5.78 Å². The molecule has 0 bridgehead atoms. The number of carbonyl (C=O) groups is 10. The molecular weight excluding hydrogens is 1260 g/mol. The Bertz CT molecular complexity index is 2740. The van der Waals surface area contributed by atoms with Crippen molar-refractivity contribution < 1.29 is 95.7 Å². The highest BCUT2D eigenvalue weighted by molar-refractivity contribution is 7.59. The molecule has 3 heterocycles. The quantitative estimate of drug-likeness (QED) is 0.0613. The van der Waals surface area contributed by atoms with E-state index in [4.69, 9.17) is 43.2 Å². The Kier molecular flexibility index (Phi) is 48.5. The summed E-state index contributed by atoms with van der Waals surface area (Å²) < 4.78 is 47.0. The number of hydrogen-bond donors (Lipinski definition) is 6. The molecule has 3 aliphatic heterocycles. The summed E-state index contributed by atoms with van der Waals surface area (Å²) in [5, 5.41) is 31.2. The maximum absolute atomic E-state index is 12.9. The van der Waals surface area contributed by atoms with Crippen LogP contribution in [0.2, 0.25) is 0 Å². The van der Waals surface area contributed by atoms with Crippen molar-refractivity contribution in [3.05, 3.63) is 106 Å². The molecule has 3 aromatic rings. The molecule has 0 spiro atoms. The Morgan fingerprint density at radius 1 is 0.543 bits per heavy atom. The van der Waals surface area contributed by atoms with Crippen LogP contribution in [0.1, 0.15) is 133 Å². The van der Waals surface area contributed by atoms with E-state index < -0.39 is 78.1 Å². The van der Waals surface area contributed by atoms with E-state index in [9.17, 15) is 53.1 Å². The topological polar surface area (TPSA) is 358 Å². The van der Waals surface area contributed by atoms with Crippen LogP contribution in [0.4, 0.5) is 0 Å². The molecule has 0 radical (unpaired) electrons. The number of carbonyl (C=O) groups excluding carboxylic acids is 10. The number of ketones is 1. The molecule has 4 atom stereocenters. The maximum Gasteiger partial charge on any atom is 0.325 e. The van der Waals surface area contributed by atoms with Gasteiger partial charge in [-0.3, -0.25) is 43.2 Å². The fourth-order valence-electron chi connectivity index (χ4n) is 8.52. The lowest BCUT2D eigenvalue weighted by Gasteiger charge is -2.24. The number of nitriles is 1. The smallest absolute Gasteiger partial charge is 0.325 e. The molecule has 26 nitrogen and oxygen atoms in total. The van der Waals surface area contributed by atoms with Gasteiger partial charge in [0.15, 0.2) is 6.10 Å². The second kappa shape index (κ2) is 52.5. The van der Waals surface area contributed by atoms with Crippen LogP contribution in [-0.4, -0.2) is 181 Å². The Balaban J connectivity index is 0.00000127. The van der Waals surface area contributed by atoms with Gasteiger partial charge in [-0.05, 0) is 113 Å². The van der Waals surface area contributed by atoms with Crippen LogP contribution in [0.5, 0.6) is 0 Å². The van der Waals surface area contributed by atoms with Gasteiger partial charge in [0.25, 0.3) is 29.5 Å². The zero-order valence-electron chi connectivity index (χ0n) is 52.6. The molecule has 0 saturated heterocycles. The molecule has 0 aliphatic carbocycles. The zero-order chi connectivity index (χ0) is 64.9. The van der Waals surface area contributed by atoms with Crippen molar-refractivity contribution in [3.8, 4) is 6.07 Å². The first-order valence-corrected chi connectivity index (χ1v) is 29.9. The lowest BCUT2D eigenvalue weighted by atomic mass is 10.0. The number of esters is 3. The van der Waals surface area contributed by atoms with Gasteiger partial charge in [0, 0.05) is 36.5 Å². The molecule has 3 aromatic carbocycles. The standard InChI is InChI=1S/C21H30N2O7.C21H28N2O7.C16H21NO4.C5H7NO2.3H2S/c2*1-2-30-18(24)13-22-21(27)19(25)17-9-5-6-10-28-11-12-29-14-15-7-3-4-8-16(15)20(26)23-17;18-11-14-6-3-4-8-20-9-10-21-12-13-5-1-2-7-15(13)16(19)17-14;1-2-8-5(7)3-4-6;;;/h3-4,7-8,17,19,25H,2,5-6,9-14H2,1H3,(H,22,27)(H,23,26);3-4,7-8,17H,2,5-6,9-14H2,1H3,(H,22,27)(H,23,26);1-2,5,7,11,14H,3-4,6,8-10,12H2,(H,17,19);2-3H2,1H3;3*1H2/t17-,19?;17-;14-;;;;/m000..../s1. The lowest BCUT2D eigenvalue weighted by molar-refractivity contribution is -0.145. The Labute approximate surface area is 558 Å². The van der Waals surface area contributed by atoms with E-state index in [0.29, 0.717) is 139 Å². The van der Waals surface area contributed by atoms with E-state index in [1.807, 2.05) is 18.2 Å². The summed E-state index contributed by atoms with van der Waals surface area (Å²) in [5.41, 5.74) is 3.54. The molecule has 29 heteroatoms. The van der Waals surface area contributed by atoms with Crippen LogP contribution < -0.4 is 26.6 Å². The highest BCUT2D eigenvalue weighted by Crippen LogP contribution is 2.17. The Morgan fingerprint density at radius 2 is 0.935 bits per heavy atom. The minimum absolute atomic E-state index is 0. The van der Waals surface area contributed by atoms with Crippen LogP contribution in [0.3, 0.4) is 0 Å². The van der Waals surface area contributed by atoms with E-state index in [-0.39, 0.29) is 92.2 Å². The number of aliphatic hydroxyl groups excluding tert-OH is 1. The van der Waals surface area contributed by atoms with Crippen molar-refractivity contribution >= 4 is 100 Å². The third kappa shape index (κ3) is 35.2. The third-order valence-corrected chi connectivity index (χ3v) is 13.0. The molecule has 6 N–H and O–H groups in total. The molecular formula is C63H92N6O20S3. The van der Waals surface area contributed by atoms with Gasteiger partial charge >= 0.3 is 17.9 Å². The number of nitrogens with one attached hydrogen (secondary N) is 5. The average molecular weight is 1350 g/mol. The number of Topliss-reactive ketones (excluding diaryl/α,β-unsaturated/α-hetero) is 1. The minimum Gasteiger partial charge on any atom is -0.465 e. The number of amides is 5. The number of hydrogen-bond acceptors (Lipinski definition) is 21. The van der Waals surface area contributed by atoms with Crippen molar-refractivity contribution in [1.82, 2.24) is 26.6 Å². The number of rotatable bonds is 13. The number of benzene rings is 3. The molecule has 3 aliphatic rings. The van der Waals surface area contributed by atoms with Crippen molar-refractivity contribution in [2.75, 3.05) is 92.4 Å². The fourth-order valence-corrected chi connectivity index (χ4v) is 8.52. The van der Waals surface area contributed by atoms with Crippen LogP contribution in [0, 0.1) is 11.3 Å². The van der Waals surface area contributed by atoms with Gasteiger partial charge in [-0.25, -0.2) is 0 Å². The first kappa shape index (κ1) is 85.0.